The third kappa shape index (κ3) is 5.70. The Balaban J connectivity index is 2.01. The Bertz CT molecular complexity index is 672. The molecular weight excluding hydrogens is 318 g/mol. The molecule has 134 valence electrons. The van der Waals surface area contributed by atoms with Crippen LogP contribution in [0.3, 0.4) is 0 Å². The van der Waals surface area contributed by atoms with Crippen LogP contribution in [0.15, 0.2) is 48.5 Å². The van der Waals surface area contributed by atoms with Crippen molar-refractivity contribution < 1.29 is 13.5 Å². The third-order valence-electron chi connectivity index (χ3n) is 4.31. The molecule has 3 heteroatoms. The third-order valence-corrected chi connectivity index (χ3v) is 4.31. The lowest BCUT2D eigenvalue weighted by molar-refractivity contribution is 0.414. The number of rotatable bonds is 9. The lowest BCUT2D eigenvalue weighted by Gasteiger charge is -2.06. The van der Waals surface area contributed by atoms with Gasteiger partial charge in [0.2, 0.25) is 0 Å². The van der Waals surface area contributed by atoms with Gasteiger partial charge in [-0.15, -0.1) is 0 Å². The van der Waals surface area contributed by atoms with E-state index in [9.17, 15) is 8.78 Å². The van der Waals surface area contributed by atoms with Crippen LogP contribution in [0.4, 0.5) is 8.78 Å². The average Bonchev–Trinajstić information content (AvgIpc) is 2.67. The van der Waals surface area contributed by atoms with E-state index in [2.05, 4.69) is 6.92 Å². The van der Waals surface area contributed by atoms with Crippen molar-refractivity contribution in [3.05, 3.63) is 65.2 Å². The van der Waals surface area contributed by atoms with Gasteiger partial charge < -0.3 is 4.74 Å². The highest BCUT2D eigenvalue weighted by Gasteiger charge is 2.11. The molecule has 2 rings (SSSR count). The number of ether oxygens (including phenoxy) is 1. The Labute approximate surface area is 149 Å². The van der Waals surface area contributed by atoms with Gasteiger partial charge >= 0.3 is 0 Å². The highest BCUT2D eigenvalue weighted by atomic mass is 19.2. The van der Waals surface area contributed by atoms with Crippen molar-refractivity contribution >= 4 is 11.7 Å². The minimum absolute atomic E-state index is 0.207. The summed E-state index contributed by atoms with van der Waals surface area (Å²) in [5.41, 5.74) is 1.64. The van der Waals surface area contributed by atoms with Crippen LogP contribution in [0.5, 0.6) is 5.75 Å². The molecule has 0 aliphatic rings. The maximum atomic E-state index is 14.4. The smallest absolute Gasteiger partial charge is 0.166 e. The first-order chi connectivity index (χ1) is 12.2. The molecule has 0 aromatic heterocycles. The topological polar surface area (TPSA) is 9.23 Å². The maximum Gasteiger partial charge on any atom is 0.166 e. The van der Waals surface area contributed by atoms with E-state index >= 15 is 0 Å². The van der Waals surface area contributed by atoms with Crippen molar-refractivity contribution in [3.8, 4) is 5.75 Å². The number of aryl methyl sites for hydroxylation is 1. The number of methoxy groups -OCH3 is 1. The van der Waals surface area contributed by atoms with E-state index in [1.807, 2.05) is 12.1 Å². The van der Waals surface area contributed by atoms with Gasteiger partial charge in [-0.05, 0) is 42.7 Å². The zero-order valence-electron chi connectivity index (χ0n) is 15.0. The molecule has 0 saturated heterocycles. The fourth-order valence-corrected chi connectivity index (χ4v) is 2.74. The number of unbranched alkanes of at least 4 members (excludes halogenated alkanes) is 4. The Hall–Kier alpha value is -2.16. The van der Waals surface area contributed by atoms with E-state index in [1.54, 1.807) is 24.3 Å². The fraction of sp³-hybridized carbons (Fsp3) is 0.364. The fourth-order valence-electron chi connectivity index (χ4n) is 2.74. The zero-order valence-corrected chi connectivity index (χ0v) is 15.0. The normalized spacial score (nSPS) is 12.0. The van der Waals surface area contributed by atoms with Crippen LogP contribution in [0.2, 0.25) is 0 Å². The Morgan fingerprint density at radius 1 is 0.760 bits per heavy atom. The monoisotopic (exact) mass is 344 g/mol. The average molecular weight is 344 g/mol. The molecule has 0 radical (unpaired) electrons. The Kier molecular flexibility index (Phi) is 7.65. The van der Waals surface area contributed by atoms with Crippen LogP contribution in [0, 0.1) is 0 Å². The quantitative estimate of drug-likeness (QED) is 0.352. The van der Waals surface area contributed by atoms with Crippen molar-refractivity contribution in [1.82, 2.24) is 0 Å². The van der Waals surface area contributed by atoms with Crippen LogP contribution in [0.25, 0.3) is 11.7 Å². The molecule has 25 heavy (non-hydrogen) atoms. The van der Waals surface area contributed by atoms with Gasteiger partial charge in [0.1, 0.15) is 5.75 Å². The van der Waals surface area contributed by atoms with Crippen molar-refractivity contribution in [2.24, 2.45) is 0 Å². The first kappa shape index (κ1) is 19.2. The summed E-state index contributed by atoms with van der Waals surface area (Å²) in [4.78, 5) is 0. The van der Waals surface area contributed by atoms with Crippen LogP contribution >= 0.6 is 0 Å². The minimum Gasteiger partial charge on any atom is -0.497 e. The summed E-state index contributed by atoms with van der Waals surface area (Å²) in [5.74, 6) is -1.07. The maximum absolute atomic E-state index is 14.4. The number of benzene rings is 2. The van der Waals surface area contributed by atoms with Gasteiger partial charge in [-0.25, -0.2) is 8.78 Å². The first-order valence-electron chi connectivity index (χ1n) is 8.94. The largest absolute Gasteiger partial charge is 0.497 e. The molecule has 0 heterocycles. The van der Waals surface area contributed by atoms with Crippen molar-refractivity contribution in [1.29, 1.82) is 0 Å². The number of hydrogen-bond donors (Lipinski definition) is 0. The number of halogens is 2. The van der Waals surface area contributed by atoms with Gasteiger partial charge in [0.25, 0.3) is 0 Å². The summed E-state index contributed by atoms with van der Waals surface area (Å²) in [5, 5.41) is 0. The molecule has 1 nitrogen and oxygen atoms in total. The molecule has 2 aromatic rings. The SMILES string of the molecule is CCCCCCCc1ccc(/C(F)=C(\F)c2ccc(OC)cc2)cc1. The van der Waals surface area contributed by atoms with Crippen molar-refractivity contribution in [3.63, 3.8) is 0 Å². The summed E-state index contributed by atoms with van der Waals surface area (Å²) in [6.45, 7) is 2.20. The molecule has 2 aromatic carbocycles. The molecule has 0 aliphatic carbocycles. The van der Waals surface area contributed by atoms with Crippen LogP contribution in [-0.4, -0.2) is 7.11 Å². The van der Waals surface area contributed by atoms with Gasteiger partial charge in [0.15, 0.2) is 11.7 Å². The lowest BCUT2D eigenvalue weighted by atomic mass is 10.0. The Morgan fingerprint density at radius 3 is 1.80 bits per heavy atom. The molecular formula is C22H26F2O. The molecule has 0 aliphatic heterocycles. The summed E-state index contributed by atoms with van der Waals surface area (Å²) >= 11 is 0. The second-order valence-electron chi connectivity index (χ2n) is 6.22. The van der Waals surface area contributed by atoms with Gasteiger partial charge in [0, 0.05) is 11.1 Å². The zero-order chi connectivity index (χ0) is 18.1. The van der Waals surface area contributed by atoms with Crippen molar-refractivity contribution in [2.45, 2.75) is 45.4 Å². The second-order valence-corrected chi connectivity index (χ2v) is 6.22. The molecule has 0 fully saturated rings. The summed E-state index contributed by atoms with van der Waals surface area (Å²) < 4.78 is 33.8. The predicted octanol–water partition coefficient (Wildman–Crippen LogP) is 6.97. The summed E-state index contributed by atoms with van der Waals surface area (Å²) in [7, 11) is 1.53. The summed E-state index contributed by atoms with van der Waals surface area (Å²) in [6, 6.07) is 13.3. The minimum atomic E-state index is -0.852. The van der Waals surface area contributed by atoms with Gasteiger partial charge in [-0.2, -0.15) is 0 Å². The number of hydrogen-bond acceptors (Lipinski definition) is 1. The first-order valence-corrected chi connectivity index (χ1v) is 8.94. The molecule has 0 bridgehead atoms. The van der Waals surface area contributed by atoms with Crippen LogP contribution < -0.4 is 4.74 Å². The van der Waals surface area contributed by atoms with Gasteiger partial charge in [-0.3, -0.25) is 0 Å². The molecule has 0 atom stereocenters. The molecule has 0 amide bonds. The second kappa shape index (κ2) is 9.97. The van der Waals surface area contributed by atoms with E-state index in [4.69, 9.17) is 4.74 Å². The van der Waals surface area contributed by atoms with Gasteiger partial charge in [0.05, 0.1) is 7.11 Å². The molecule has 0 spiro atoms. The van der Waals surface area contributed by atoms with E-state index < -0.39 is 11.7 Å². The lowest BCUT2D eigenvalue weighted by Crippen LogP contribution is -1.89. The standard InChI is InChI=1S/C22H26F2O/c1-3-4-5-6-7-8-17-9-11-18(12-10-17)21(23)22(24)19-13-15-20(25-2)16-14-19/h9-16H,3-8H2,1-2H3/b22-21+. The van der Waals surface area contributed by atoms with E-state index in [-0.39, 0.29) is 11.1 Å². The Morgan fingerprint density at radius 2 is 1.28 bits per heavy atom. The van der Waals surface area contributed by atoms with Gasteiger partial charge in [-0.1, -0.05) is 56.9 Å². The molecule has 0 unspecified atom stereocenters. The van der Waals surface area contributed by atoms with Crippen molar-refractivity contribution in [2.75, 3.05) is 7.11 Å². The summed E-state index contributed by atoms with van der Waals surface area (Å²) in [6.07, 6.45) is 7.11. The highest BCUT2D eigenvalue weighted by Crippen LogP contribution is 2.30. The molecule has 0 saturated carbocycles. The van der Waals surface area contributed by atoms with Crippen LogP contribution in [0.1, 0.15) is 55.7 Å². The predicted molar refractivity (Wildman–Crippen MR) is 101 cm³/mol. The van der Waals surface area contributed by atoms with E-state index in [0.717, 1.165) is 18.4 Å². The highest BCUT2D eigenvalue weighted by molar-refractivity contribution is 5.83. The van der Waals surface area contributed by atoms with E-state index in [0.29, 0.717) is 5.75 Å². The van der Waals surface area contributed by atoms with E-state index in [1.165, 1.54) is 44.9 Å². The molecule has 0 N–H and O–H groups in total. The van der Waals surface area contributed by atoms with Crippen LogP contribution in [-0.2, 0) is 6.42 Å².